The van der Waals surface area contributed by atoms with Gasteiger partial charge in [-0.3, -0.25) is 4.79 Å². The average molecular weight is 290 g/mol. The van der Waals surface area contributed by atoms with Gasteiger partial charge in [-0.1, -0.05) is 6.07 Å². The monoisotopic (exact) mass is 290 g/mol. The first-order valence-corrected chi connectivity index (χ1v) is 7.29. The van der Waals surface area contributed by atoms with E-state index in [2.05, 4.69) is 10.6 Å². The van der Waals surface area contributed by atoms with Crippen LogP contribution in [-0.4, -0.2) is 32.1 Å². The van der Waals surface area contributed by atoms with Gasteiger partial charge in [0.15, 0.2) is 0 Å². The molecule has 1 amide bonds. The number of hydrogen-bond acceptors (Lipinski definition) is 4. The predicted octanol–water partition coefficient (Wildman–Crippen LogP) is 2.11. The number of anilines is 1. The first kappa shape index (κ1) is 15.5. The van der Waals surface area contributed by atoms with Crippen LogP contribution in [0.4, 0.5) is 5.69 Å². The quantitative estimate of drug-likeness (QED) is 0.833. The van der Waals surface area contributed by atoms with Crippen LogP contribution in [0.3, 0.4) is 0 Å². The highest BCUT2D eigenvalue weighted by Gasteiger charge is 2.17. The molecular formula is C16H22N2O3. The molecule has 2 N–H and O–H groups in total. The number of carbonyl (C=O) groups is 2. The van der Waals surface area contributed by atoms with Gasteiger partial charge < -0.3 is 15.4 Å². The summed E-state index contributed by atoms with van der Waals surface area (Å²) in [7, 11) is 1.34. The van der Waals surface area contributed by atoms with E-state index in [-0.39, 0.29) is 5.91 Å². The summed E-state index contributed by atoms with van der Waals surface area (Å²) in [4.78, 5) is 23.7. The number of hydrogen-bond donors (Lipinski definition) is 2. The zero-order valence-corrected chi connectivity index (χ0v) is 12.6. The Labute approximate surface area is 125 Å². The Kier molecular flexibility index (Phi) is 5.33. The summed E-state index contributed by atoms with van der Waals surface area (Å²) in [6.07, 6.45) is 2.71. The molecule has 114 valence electrons. The summed E-state index contributed by atoms with van der Waals surface area (Å²) in [6, 6.07) is 5.17. The van der Waals surface area contributed by atoms with Crippen LogP contribution in [0, 0.1) is 12.8 Å². The third kappa shape index (κ3) is 4.29. The molecule has 21 heavy (non-hydrogen) atoms. The molecule has 1 aliphatic rings. The van der Waals surface area contributed by atoms with Crippen LogP contribution in [0.1, 0.15) is 35.2 Å². The second kappa shape index (κ2) is 7.22. The molecule has 0 spiro atoms. The number of rotatable bonds is 4. The molecule has 5 nitrogen and oxygen atoms in total. The minimum atomic E-state index is -0.401. The van der Waals surface area contributed by atoms with E-state index in [4.69, 9.17) is 4.74 Å². The lowest BCUT2D eigenvalue weighted by Gasteiger charge is -2.22. The lowest BCUT2D eigenvalue weighted by Crippen LogP contribution is -2.32. The van der Waals surface area contributed by atoms with E-state index >= 15 is 0 Å². The van der Waals surface area contributed by atoms with Gasteiger partial charge in [-0.05, 0) is 56.5 Å². The van der Waals surface area contributed by atoms with Crippen LogP contribution in [-0.2, 0) is 9.53 Å². The molecule has 1 aromatic carbocycles. The summed E-state index contributed by atoms with van der Waals surface area (Å²) >= 11 is 0. The lowest BCUT2D eigenvalue weighted by molar-refractivity contribution is -0.117. The lowest BCUT2D eigenvalue weighted by atomic mass is 9.96. The molecular weight excluding hydrogens is 268 g/mol. The molecule has 1 heterocycles. The second-order valence-corrected chi connectivity index (χ2v) is 5.49. The Hall–Kier alpha value is -1.88. The third-order valence-corrected chi connectivity index (χ3v) is 3.81. The van der Waals surface area contributed by atoms with E-state index in [1.807, 2.05) is 13.0 Å². The van der Waals surface area contributed by atoms with Gasteiger partial charge in [0.1, 0.15) is 0 Å². The van der Waals surface area contributed by atoms with Gasteiger partial charge in [0.25, 0.3) is 0 Å². The Morgan fingerprint density at radius 3 is 2.90 bits per heavy atom. The van der Waals surface area contributed by atoms with Crippen molar-refractivity contribution in [3.8, 4) is 0 Å². The van der Waals surface area contributed by atoms with Crippen molar-refractivity contribution in [3.63, 3.8) is 0 Å². The third-order valence-electron chi connectivity index (χ3n) is 3.81. The Bertz CT molecular complexity index is 522. The molecule has 1 atom stereocenters. The molecule has 1 unspecified atom stereocenters. The smallest absolute Gasteiger partial charge is 0.337 e. The number of aryl methyl sites for hydroxylation is 1. The molecule has 0 aliphatic carbocycles. The highest BCUT2D eigenvalue weighted by Crippen LogP contribution is 2.20. The number of esters is 1. The number of ether oxygens (including phenoxy) is 1. The summed E-state index contributed by atoms with van der Waals surface area (Å²) in [5.41, 5.74) is 2.04. The summed E-state index contributed by atoms with van der Waals surface area (Å²) in [5, 5.41) is 6.21. The van der Waals surface area contributed by atoms with Crippen molar-refractivity contribution in [3.05, 3.63) is 29.3 Å². The number of benzene rings is 1. The molecule has 0 aromatic heterocycles. The average Bonchev–Trinajstić information content (AvgIpc) is 2.49. The molecule has 5 heteroatoms. The van der Waals surface area contributed by atoms with Crippen molar-refractivity contribution in [2.75, 3.05) is 25.5 Å². The van der Waals surface area contributed by atoms with Crippen molar-refractivity contribution in [1.29, 1.82) is 0 Å². The molecule has 2 rings (SSSR count). The van der Waals surface area contributed by atoms with Crippen molar-refractivity contribution in [2.24, 2.45) is 5.92 Å². The largest absolute Gasteiger partial charge is 0.465 e. The van der Waals surface area contributed by atoms with Gasteiger partial charge in [0.2, 0.25) is 5.91 Å². The molecule has 0 saturated carbocycles. The molecule has 1 fully saturated rings. The molecule has 0 radical (unpaired) electrons. The van der Waals surface area contributed by atoms with Crippen LogP contribution in [0.25, 0.3) is 0 Å². The first-order valence-electron chi connectivity index (χ1n) is 7.29. The van der Waals surface area contributed by atoms with Crippen LogP contribution in [0.2, 0.25) is 0 Å². The van der Waals surface area contributed by atoms with Crippen LogP contribution in [0.15, 0.2) is 18.2 Å². The Morgan fingerprint density at radius 2 is 2.24 bits per heavy atom. The van der Waals surface area contributed by atoms with Gasteiger partial charge in [0, 0.05) is 12.1 Å². The van der Waals surface area contributed by atoms with Gasteiger partial charge in [0.05, 0.1) is 12.7 Å². The van der Waals surface area contributed by atoms with Crippen LogP contribution >= 0.6 is 0 Å². The van der Waals surface area contributed by atoms with Crippen molar-refractivity contribution in [1.82, 2.24) is 5.32 Å². The normalized spacial score (nSPS) is 18.1. The maximum atomic E-state index is 12.1. The van der Waals surface area contributed by atoms with E-state index in [1.165, 1.54) is 7.11 Å². The summed E-state index contributed by atoms with van der Waals surface area (Å²) in [5.74, 6) is -0.0151. The first-order chi connectivity index (χ1) is 10.1. The van der Waals surface area contributed by atoms with Gasteiger partial charge in [-0.15, -0.1) is 0 Å². The number of amides is 1. The SMILES string of the molecule is COC(=O)c1ccc(C)c(NC(=O)CC2CCCNC2)c1. The Balaban J connectivity index is 2.00. The number of piperidine rings is 1. The fourth-order valence-corrected chi connectivity index (χ4v) is 2.56. The highest BCUT2D eigenvalue weighted by molar-refractivity contribution is 5.95. The highest BCUT2D eigenvalue weighted by atomic mass is 16.5. The standard InChI is InChI=1S/C16H22N2O3/c1-11-5-6-13(16(20)21-2)9-14(11)18-15(19)8-12-4-3-7-17-10-12/h5-6,9,12,17H,3-4,7-8,10H2,1-2H3,(H,18,19). The zero-order valence-electron chi connectivity index (χ0n) is 12.6. The summed E-state index contributed by atoms with van der Waals surface area (Å²) < 4.78 is 4.70. The van der Waals surface area contributed by atoms with Crippen LogP contribution < -0.4 is 10.6 Å². The number of methoxy groups -OCH3 is 1. The van der Waals surface area contributed by atoms with E-state index in [0.29, 0.717) is 23.6 Å². The maximum Gasteiger partial charge on any atom is 0.337 e. The molecule has 0 bridgehead atoms. The predicted molar refractivity (Wildman–Crippen MR) is 81.4 cm³/mol. The minimum Gasteiger partial charge on any atom is -0.465 e. The molecule has 1 saturated heterocycles. The topological polar surface area (TPSA) is 67.4 Å². The fraction of sp³-hybridized carbons (Fsp3) is 0.500. The van der Waals surface area contributed by atoms with Crippen LogP contribution in [0.5, 0.6) is 0 Å². The molecule has 1 aromatic rings. The van der Waals surface area contributed by atoms with Gasteiger partial charge >= 0.3 is 5.97 Å². The van der Waals surface area contributed by atoms with Gasteiger partial charge in [-0.25, -0.2) is 4.79 Å². The van der Waals surface area contributed by atoms with Crippen molar-refractivity contribution in [2.45, 2.75) is 26.2 Å². The zero-order chi connectivity index (χ0) is 15.2. The summed E-state index contributed by atoms with van der Waals surface area (Å²) in [6.45, 7) is 3.84. The van der Waals surface area contributed by atoms with Crippen molar-refractivity contribution >= 4 is 17.6 Å². The van der Waals surface area contributed by atoms with Crippen molar-refractivity contribution < 1.29 is 14.3 Å². The van der Waals surface area contributed by atoms with Gasteiger partial charge in [-0.2, -0.15) is 0 Å². The number of carbonyl (C=O) groups excluding carboxylic acids is 2. The fourth-order valence-electron chi connectivity index (χ4n) is 2.56. The van der Waals surface area contributed by atoms with E-state index in [1.54, 1.807) is 12.1 Å². The van der Waals surface area contributed by atoms with E-state index < -0.39 is 5.97 Å². The number of nitrogens with one attached hydrogen (secondary N) is 2. The Morgan fingerprint density at radius 1 is 1.43 bits per heavy atom. The van der Waals surface area contributed by atoms with E-state index in [0.717, 1.165) is 31.5 Å². The molecule has 1 aliphatic heterocycles. The second-order valence-electron chi connectivity index (χ2n) is 5.49. The minimum absolute atomic E-state index is 0.00573. The van der Waals surface area contributed by atoms with E-state index in [9.17, 15) is 9.59 Å². The maximum absolute atomic E-state index is 12.1.